The summed E-state index contributed by atoms with van der Waals surface area (Å²) in [5, 5.41) is 6.66. The fourth-order valence-electron chi connectivity index (χ4n) is 2.33. The van der Waals surface area contributed by atoms with E-state index in [-0.39, 0.29) is 18.5 Å². The fraction of sp³-hybridized carbons (Fsp3) is 0.467. The summed E-state index contributed by atoms with van der Waals surface area (Å²) in [5.74, 6) is 1.68. The third-order valence-electron chi connectivity index (χ3n) is 3.72. The molecule has 22 heavy (non-hydrogen) atoms. The van der Waals surface area contributed by atoms with Crippen molar-refractivity contribution >= 4 is 6.03 Å². The fourth-order valence-corrected chi connectivity index (χ4v) is 2.33. The van der Waals surface area contributed by atoms with E-state index in [1.165, 1.54) is 5.56 Å². The Balaban J connectivity index is 1.46. The highest BCUT2D eigenvalue weighted by Gasteiger charge is 2.31. The van der Waals surface area contributed by atoms with Crippen LogP contribution in [0.25, 0.3) is 0 Å². The van der Waals surface area contributed by atoms with E-state index in [0.29, 0.717) is 17.6 Å². The zero-order valence-electron chi connectivity index (χ0n) is 12.7. The molecule has 1 aliphatic heterocycles. The molecule has 7 nitrogen and oxygen atoms in total. The van der Waals surface area contributed by atoms with Crippen LogP contribution < -0.4 is 5.32 Å². The van der Waals surface area contributed by atoms with Crippen molar-refractivity contribution in [2.75, 3.05) is 13.1 Å². The van der Waals surface area contributed by atoms with Gasteiger partial charge in [-0.15, -0.1) is 0 Å². The van der Waals surface area contributed by atoms with Crippen LogP contribution in [0.2, 0.25) is 0 Å². The van der Waals surface area contributed by atoms with Crippen LogP contribution in [0.5, 0.6) is 0 Å². The number of likely N-dealkylation sites (tertiary alicyclic amines) is 1. The number of carbonyl (C=O) groups excluding carboxylic acids is 1. The van der Waals surface area contributed by atoms with Crippen molar-refractivity contribution in [2.24, 2.45) is 0 Å². The Morgan fingerprint density at radius 3 is 2.77 bits per heavy atom. The molecule has 1 fully saturated rings. The van der Waals surface area contributed by atoms with E-state index in [9.17, 15) is 4.79 Å². The monoisotopic (exact) mass is 301 g/mol. The lowest BCUT2D eigenvalue weighted by Gasteiger charge is -2.39. The average Bonchev–Trinajstić information content (AvgIpc) is 2.94. The molecule has 0 bridgehead atoms. The van der Waals surface area contributed by atoms with Gasteiger partial charge in [0.2, 0.25) is 5.89 Å². The summed E-state index contributed by atoms with van der Waals surface area (Å²) in [6.45, 7) is 5.69. The molecule has 3 heterocycles. The van der Waals surface area contributed by atoms with Crippen molar-refractivity contribution in [1.29, 1.82) is 0 Å². The van der Waals surface area contributed by atoms with Crippen LogP contribution >= 0.6 is 0 Å². The summed E-state index contributed by atoms with van der Waals surface area (Å²) in [6.07, 6.45) is 3.56. The predicted molar refractivity (Wildman–Crippen MR) is 79.2 cm³/mol. The Hall–Kier alpha value is -2.44. The minimum absolute atomic E-state index is 0.0961. The largest absolute Gasteiger partial charge is 0.339 e. The Morgan fingerprint density at radius 2 is 2.14 bits per heavy atom. The molecule has 116 valence electrons. The van der Waals surface area contributed by atoms with Gasteiger partial charge in [0.15, 0.2) is 5.82 Å². The first kappa shape index (κ1) is 14.5. The Morgan fingerprint density at radius 1 is 1.41 bits per heavy atom. The first-order chi connectivity index (χ1) is 10.6. The first-order valence-corrected chi connectivity index (χ1v) is 7.38. The molecule has 0 unspecified atom stereocenters. The average molecular weight is 301 g/mol. The van der Waals surface area contributed by atoms with Crippen molar-refractivity contribution in [2.45, 2.75) is 32.2 Å². The molecular weight excluding hydrogens is 282 g/mol. The maximum atomic E-state index is 12.0. The third kappa shape index (κ3) is 3.08. The number of nitrogens with one attached hydrogen (secondary N) is 1. The molecule has 2 amide bonds. The number of hydrogen-bond acceptors (Lipinski definition) is 5. The van der Waals surface area contributed by atoms with Gasteiger partial charge < -0.3 is 14.7 Å². The summed E-state index contributed by atoms with van der Waals surface area (Å²) in [4.78, 5) is 22.0. The number of aromatic nitrogens is 3. The Bertz CT molecular complexity index is 634. The standard InChI is InChI=1S/C15H19N5O2/c1-10(2)14-18-13(19-22-14)7-17-15(21)20-8-12(9-20)11-3-5-16-6-4-11/h3-6,10,12H,7-9H2,1-2H3,(H,17,21). The number of nitrogens with zero attached hydrogens (tertiary/aromatic N) is 4. The molecule has 0 atom stereocenters. The highest BCUT2D eigenvalue weighted by molar-refractivity contribution is 5.75. The summed E-state index contributed by atoms with van der Waals surface area (Å²) >= 11 is 0. The topological polar surface area (TPSA) is 84.2 Å². The van der Waals surface area contributed by atoms with Gasteiger partial charge in [0.25, 0.3) is 0 Å². The molecule has 0 aliphatic carbocycles. The van der Waals surface area contributed by atoms with Crippen LogP contribution in [0, 0.1) is 0 Å². The summed E-state index contributed by atoms with van der Waals surface area (Å²) in [6, 6.07) is 3.89. The molecule has 1 aliphatic rings. The smallest absolute Gasteiger partial charge is 0.317 e. The zero-order valence-corrected chi connectivity index (χ0v) is 12.7. The number of rotatable bonds is 4. The molecule has 2 aromatic heterocycles. The van der Waals surface area contributed by atoms with Crippen LogP contribution in [-0.4, -0.2) is 39.1 Å². The lowest BCUT2D eigenvalue weighted by Crippen LogP contribution is -2.52. The van der Waals surface area contributed by atoms with E-state index in [2.05, 4.69) is 20.4 Å². The predicted octanol–water partition coefficient (Wildman–Crippen LogP) is 1.90. The van der Waals surface area contributed by atoms with E-state index >= 15 is 0 Å². The summed E-state index contributed by atoms with van der Waals surface area (Å²) in [7, 11) is 0. The Labute approximate surface area is 128 Å². The molecule has 7 heteroatoms. The molecule has 3 rings (SSSR count). The minimum Gasteiger partial charge on any atom is -0.339 e. The number of carbonyl (C=O) groups is 1. The Kier molecular flexibility index (Phi) is 4.04. The van der Waals surface area contributed by atoms with Gasteiger partial charge in [0.1, 0.15) is 0 Å². The normalized spacial score (nSPS) is 15.0. The van der Waals surface area contributed by atoms with Gasteiger partial charge in [-0.25, -0.2) is 4.79 Å². The van der Waals surface area contributed by atoms with E-state index in [1.807, 2.05) is 26.0 Å². The van der Waals surface area contributed by atoms with Gasteiger partial charge >= 0.3 is 6.03 Å². The molecular formula is C15H19N5O2. The molecule has 0 radical (unpaired) electrons. The summed E-state index contributed by atoms with van der Waals surface area (Å²) < 4.78 is 5.10. The summed E-state index contributed by atoms with van der Waals surface area (Å²) in [5.41, 5.74) is 1.22. The van der Waals surface area contributed by atoms with Crippen molar-refractivity contribution in [3.8, 4) is 0 Å². The van der Waals surface area contributed by atoms with E-state index in [4.69, 9.17) is 4.52 Å². The van der Waals surface area contributed by atoms with Gasteiger partial charge in [0.05, 0.1) is 6.54 Å². The number of pyridine rings is 1. The van der Waals surface area contributed by atoms with Crippen molar-refractivity contribution < 1.29 is 9.32 Å². The van der Waals surface area contributed by atoms with E-state index in [1.54, 1.807) is 17.3 Å². The van der Waals surface area contributed by atoms with Gasteiger partial charge in [-0.3, -0.25) is 4.98 Å². The number of amides is 2. The van der Waals surface area contributed by atoms with Crippen LogP contribution in [0.1, 0.15) is 43.0 Å². The van der Waals surface area contributed by atoms with E-state index < -0.39 is 0 Å². The van der Waals surface area contributed by atoms with E-state index in [0.717, 1.165) is 13.1 Å². The highest BCUT2D eigenvalue weighted by Crippen LogP contribution is 2.26. The third-order valence-corrected chi connectivity index (χ3v) is 3.72. The minimum atomic E-state index is -0.0961. The molecule has 0 spiro atoms. The molecule has 2 aromatic rings. The molecule has 0 saturated carbocycles. The lowest BCUT2D eigenvalue weighted by atomic mass is 9.93. The molecule has 0 aromatic carbocycles. The van der Waals surface area contributed by atoms with Gasteiger partial charge in [-0.2, -0.15) is 4.98 Å². The highest BCUT2D eigenvalue weighted by atomic mass is 16.5. The number of hydrogen-bond donors (Lipinski definition) is 1. The molecule has 1 N–H and O–H groups in total. The van der Waals surface area contributed by atoms with Crippen molar-refractivity contribution in [3.63, 3.8) is 0 Å². The maximum absolute atomic E-state index is 12.0. The second-order valence-corrected chi connectivity index (χ2v) is 5.74. The lowest BCUT2D eigenvalue weighted by molar-refractivity contribution is 0.150. The van der Waals surface area contributed by atoms with Crippen LogP contribution in [-0.2, 0) is 6.54 Å². The van der Waals surface area contributed by atoms with Crippen molar-refractivity contribution in [1.82, 2.24) is 25.3 Å². The second-order valence-electron chi connectivity index (χ2n) is 5.74. The molecule has 1 saturated heterocycles. The first-order valence-electron chi connectivity index (χ1n) is 7.38. The van der Waals surface area contributed by atoms with Gasteiger partial charge in [-0.05, 0) is 17.7 Å². The SMILES string of the molecule is CC(C)c1nc(CNC(=O)N2CC(c3ccncc3)C2)no1. The van der Waals surface area contributed by atoms with Crippen molar-refractivity contribution in [3.05, 3.63) is 41.8 Å². The second kappa shape index (κ2) is 6.13. The van der Waals surface area contributed by atoms with Gasteiger partial charge in [0, 0.05) is 37.3 Å². The van der Waals surface area contributed by atoms with Crippen LogP contribution in [0.3, 0.4) is 0 Å². The quantitative estimate of drug-likeness (QED) is 0.932. The van der Waals surface area contributed by atoms with Gasteiger partial charge in [-0.1, -0.05) is 19.0 Å². The number of urea groups is 1. The zero-order chi connectivity index (χ0) is 15.5. The van der Waals surface area contributed by atoms with Crippen LogP contribution in [0.4, 0.5) is 4.79 Å². The van der Waals surface area contributed by atoms with Crippen LogP contribution in [0.15, 0.2) is 29.0 Å². The maximum Gasteiger partial charge on any atom is 0.317 e.